The van der Waals surface area contributed by atoms with Crippen molar-refractivity contribution < 1.29 is 4.79 Å². The van der Waals surface area contributed by atoms with Crippen LogP contribution < -0.4 is 5.32 Å². The lowest BCUT2D eigenvalue weighted by atomic mass is 10.1. The second kappa shape index (κ2) is 8.74. The maximum Gasteiger partial charge on any atom is 0.234 e. The van der Waals surface area contributed by atoms with Gasteiger partial charge >= 0.3 is 0 Å². The highest BCUT2D eigenvalue weighted by molar-refractivity contribution is 5.77. The third kappa shape index (κ3) is 6.19. The molecule has 0 spiro atoms. The molecule has 0 fully saturated rings. The molecule has 0 aliphatic heterocycles. The average molecular weight is 280 g/mol. The number of unbranched alkanes of at least 4 members (excludes halogenated alkanes) is 1. The van der Waals surface area contributed by atoms with E-state index >= 15 is 0 Å². The van der Waals surface area contributed by atoms with E-state index in [1.54, 1.807) is 0 Å². The van der Waals surface area contributed by atoms with E-state index in [-0.39, 0.29) is 5.91 Å². The van der Waals surface area contributed by atoms with Crippen LogP contribution in [0.5, 0.6) is 0 Å². The highest BCUT2D eigenvalue weighted by Gasteiger charge is 2.04. The molecule has 20 heavy (non-hydrogen) atoms. The number of nitrogens with zero attached hydrogens (tertiary/aromatic N) is 3. The van der Waals surface area contributed by atoms with Crippen molar-refractivity contribution >= 4 is 5.91 Å². The van der Waals surface area contributed by atoms with Gasteiger partial charge in [0.15, 0.2) is 0 Å². The fraction of sp³-hybridized carbons (Fsp3) is 0.733. The van der Waals surface area contributed by atoms with Gasteiger partial charge in [0.1, 0.15) is 0 Å². The minimum absolute atomic E-state index is 0.107. The minimum atomic E-state index is 0.107. The molecule has 1 heterocycles. The van der Waals surface area contributed by atoms with Crippen molar-refractivity contribution in [3.8, 4) is 0 Å². The van der Waals surface area contributed by atoms with Gasteiger partial charge < -0.3 is 5.32 Å². The summed E-state index contributed by atoms with van der Waals surface area (Å²) >= 11 is 0. The number of carbonyl (C=O) groups is 1. The van der Waals surface area contributed by atoms with Crippen LogP contribution in [0.4, 0.5) is 0 Å². The molecule has 5 heteroatoms. The predicted octanol–water partition coefficient (Wildman–Crippen LogP) is 1.85. The normalized spacial score (nSPS) is 11.3. The second-order valence-corrected chi connectivity index (χ2v) is 5.58. The van der Waals surface area contributed by atoms with E-state index in [1.807, 2.05) is 29.7 Å². The average Bonchev–Trinajstić information content (AvgIpc) is 2.87. The monoisotopic (exact) mass is 280 g/mol. The molecule has 1 rings (SSSR count). The Labute approximate surface area is 122 Å². The third-order valence-corrected chi connectivity index (χ3v) is 3.41. The van der Waals surface area contributed by atoms with Gasteiger partial charge in [0.05, 0.1) is 12.7 Å². The molecule has 0 bridgehead atoms. The first-order valence-corrected chi connectivity index (χ1v) is 7.50. The molecule has 1 aromatic rings. The number of amides is 1. The van der Waals surface area contributed by atoms with Crippen LogP contribution in [0.1, 0.15) is 45.1 Å². The maximum atomic E-state index is 11.6. The lowest BCUT2D eigenvalue weighted by Gasteiger charge is -2.13. The van der Waals surface area contributed by atoms with Gasteiger partial charge in [-0.05, 0) is 37.9 Å². The number of hydrogen-bond acceptors (Lipinski definition) is 3. The summed E-state index contributed by atoms with van der Waals surface area (Å²) in [4.78, 5) is 13.5. The van der Waals surface area contributed by atoms with Gasteiger partial charge in [-0.25, -0.2) is 0 Å². The number of aryl methyl sites for hydroxylation is 1. The van der Waals surface area contributed by atoms with E-state index in [9.17, 15) is 4.79 Å². The topological polar surface area (TPSA) is 50.2 Å². The maximum absolute atomic E-state index is 11.6. The van der Waals surface area contributed by atoms with Crippen molar-refractivity contribution in [1.82, 2.24) is 20.0 Å². The Morgan fingerprint density at radius 3 is 2.80 bits per heavy atom. The van der Waals surface area contributed by atoms with Crippen molar-refractivity contribution in [2.45, 2.75) is 46.1 Å². The van der Waals surface area contributed by atoms with E-state index < -0.39 is 0 Å². The molecule has 0 unspecified atom stereocenters. The summed E-state index contributed by atoms with van der Waals surface area (Å²) in [6.45, 7) is 9.42. The molecule has 0 aliphatic rings. The number of likely N-dealkylation sites (N-methyl/N-ethyl adjacent to an activating group) is 1. The van der Waals surface area contributed by atoms with Gasteiger partial charge in [-0.15, -0.1) is 0 Å². The van der Waals surface area contributed by atoms with Gasteiger partial charge in [0, 0.05) is 19.3 Å². The first kappa shape index (κ1) is 16.7. The largest absolute Gasteiger partial charge is 0.355 e. The Morgan fingerprint density at radius 2 is 2.20 bits per heavy atom. The van der Waals surface area contributed by atoms with Gasteiger partial charge in [-0.2, -0.15) is 5.10 Å². The highest BCUT2D eigenvalue weighted by Crippen LogP contribution is 2.12. The Hall–Kier alpha value is -1.36. The summed E-state index contributed by atoms with van der Waals surface area (Å²) in [5, 5.41) is 7.29. The number of nitrogens with one attached hydrogen (secondary N) is 1. The van der Waals surface area contributed by atoms with Crippen molar-refractivity contribution in [2.24, 2.45) is 0 Å². The van der Waals surface area contributed by atoms with Crippen LogP contribution in [-0.2, 0) is 11.3 Å². The highest BCUT2D eigenvalue weighted by atomic mass is 16.2. The minimum Gasteiger partial charge on any atom is -0.355 e. The zero-order valence-corrected chi connectivity index (χ0v) is 13.2. The zero-order valence-electron chi connectivity index (χ0n) is 13.2. The number of hydrogen-bond donors (Lipinski definition) is 1. The fourth-order valence-electron chi connectivity index (χ4n) is 1.84. The molecule has 114 valence electrons. The number of carbonyl (C=O) groups excluding carboxylic acids is 1. The van der Waals surface area contributed by atoms with Crippen LogP contribution in [0.2, 0.25) is 0 Å². The van der Waals surface area contributed by atoms with Gasteiger partial charge in [0.2, 0.25) is 5.91 Å². The molecule has 0 radical (unpaired) electrons. The number of aromatic nitrogens is 2. The summed E-state index contributed by atoms with van der Waals surface area (Å²) in [6.07, 6.45) is 6.06. The smallest absolute Gasteiger partial charge is 0.234 e. The quantitative estimate of drug-likeness (QED) is 0.702. The van der Waals surface area contributed by atoms with Crippen LogP contribution in [0, 0.1) is 0 Å². The van der Waals surface area contributed by atoms with Gasteiger partial charge in [-0.1, -0.05) is 20.8 Å². The van der Waals surface area contributed by atoms with Gasteiger partial charge in [0.25, 0.3) is 0 Å². The van der Waals surface area contributed by atoms with E-state index in [1.165, 1.54) is 5.56 Å². The van der Waals surface area contributed by atoms with Crippen LogP contribution >= 0.6 is 0 Å². The molecular weight excluding hydrogens is 252 g/mol. The zero-order chi connectivity index (χ0) is 15.0. The lowest BCUT2D eigenvalue weighted by Crippen LogP contribution is -2.35. The molecule has 1 aromatic heterocycles. The first-order valence-electron chi connectivity index (χ1n) is 7.50. The summed E-state index contributed by atoms with van der Waals surface area (Å²) in [7, 11) is 1.95. The molecule has 0 aromatic carbocycles. The molecule has 1 amide bonds. The van der Waals surface area contributed by atoms with E-state index in [0.717, 1.165) is 32.5 Å². The first-order chi connectivity index (χ1) is 9.52. The standard InChI is InChI=1S/C15H28N4O/c1-5-18(4)12-15(20)16-8-6-7-9-19-11-14(10-17-19)13(2)3/h10-11,13H,5-9,12H2,1-4H3,(H,16,20). The SMILES string of the molecule is CCN(C)CC(=O)NCCCCn1cc(C(C)C)cn1. The lowest BCUT2D eigenvalue weighted by molar-refractivity contribution is -0.121. The van der Waals surface area contributed by atoms with Crippen molar-refractivity contribution in [3.63, 3.8) is 0 Å². The Morgan fingerprint density at radius 1 is 1.45 bits per heavy atom. The van der Waals surface area contributed by atoms with Gasteiger partial charge in [-0.3, -0.25) is 14.4 Å². The molecule has 1 N–H and O–H groups in total. The molecule has 0 atom stereocenters. The van der Waals surface area contributed by atoms with Crippen molar-refractivity contribution in [2.75, 3.05) is 26.7 Å². The Kier molecular flexibility index (Phi) is 7.30. The summed E-state index contributed by atoms with van der Waals surface area (Å²) in [5.74, 6) is 0.633. The Balaban J connectivity index is 2.11. The predicted molar refractivity (Wildman–Crippen MR) is 81.7 cm³/mol. The molecule has 0 saturated heterocycles. The summed E-state index contributed by atoms with van der Waals surface area (Å²) < 4.78 is 1.99. The van der Waals surface area contributed by atoms with Crippen LogP contribution in [0.25, 0.3) is 0 Å². The molecule has 5 nitrogen and oxygen atoms in total. The molecular formula is C15H28N4O. The third-order valence-electron chi connectivity index (χ3n) is 3.41. The molecule has 0 saturated carbocycles. The Bertz CT molecular complexity index is 400. The summed E-state index contributed by atoms with van der Waals surface area (Å²) in [5.41, 5.74) is 1.28. The number of rotatable bonds is 9. The van der Waals surface area contributed by atoms with Crippen molar-refractivity contribution in [3.05, 3.63) is 18.0 Å². The molecule has 0 aliphatic carbocycles. The van der Waals surface area contributed by atoms with E-state index in [0.29, 0.717) is 12.5 Å². The van der Waals surface area contributed by atoms with Crippen LogP contribution in [0.15, 0.2) is 12.4 Å². The second-order valence-electron chi connectivity index (χ2n) is 5.58. The fourth-order valence-corrected chi connectivity index (χ4v) is 1.84. The van der Waals surface area contributed by atoms with E-state index in [2.05, 4.69) is 30.5 Å². The van der Waals surface area contributed by atoms with Crippen molar-refractivity contribution in [1.29, 1.82) is 0 Å². The van der Waals surface area contributed by atoms with Crippen LogP contribution in [0.3, 0.4) is 0 Å². The van der Waals surface area contributed by atoms with Crippen LogP contribution in [-0.4, -0.2) is 47.3 Å². The van der Waals surface area contributed by atoms with E-state index in [4.69, 9.17) is 0 Å². The summed E-state index contributed by atoms with van der Waals surface area (Å²) in [6, 6.07) is 0.